The van der Waals surface area contributed by atoms with Gasteiger partial charge in [0.05, 0.1) is 0 Å². The molecule has 0 saturated heterocycles. The maximum absolute atomic E-state index is 2.27. The van der Waals surface area contributed by atoms with Gasteiger partial charge in [-0.1, -0.05) is 48.0 Å². The fraction of sp³-hybridized carbons (Fsp3) is 0.0909. The number of benzene rings is 2. The SMILES string of the molecule is [SiH2]Cc1ccc2ccccc2c1. The third-order valence-corrected chi connectivity index (χ3v) is 2.68. The lowest BCUT2D eigenvalue weighted by molar-refractivity contribution is 1.42. The Labute approximate surface area is 75.6 Å². The molecule has 0 amide bonds. The van der Waals surface area contributed by atoms with Crippen molar-refractivity contribution < 1.29 is 0 Å². The van der Waals surface area contributed by atoms with Gasteiger partial charge >= 0.3 is 0 Å². The van der Waals surface area contributed by atoms with E-state index in [1.54, 1.807) is 0 Å². The normalized spacial score (nSPS) is 10.4. The van der Waals surface area contributed by atoms with Gasteiger partial charge in [-0.2, -0.15) is 0 Å². The predicted octanol–water partition coefficient (Wildman–Crippen LogP) is 1.97. The molecule has 0 unspecified atom stereocenters. The lowest BCUT2D eigenvalue weighted by atomic mass is 10.1. The van der Waals surface area contributed by atoms with Gasteiger partial charge < -0.3 is 0 Å². The fourth-order valence-electron chi connectivity index (χ4n) is 1.39. The van der Waals surface area contributed by atoms with E-state index in [0.29, 0.717) is 0 Å². The highest BCUT2D eigenvalue weighted by molar-refractivity contribution is 6.08. The molecular formula is C11H11Si. The van der Waals surface area contributed by atoms with E-state index in [-0.39, 0.29) is 0 Å². The molecule has 2 aromatic rings. The lowest BCUT2D eigenvalue weighted by Crippen LogP contribution is -1.82. The summed E-state index contributed by atoms with van der Waals surface area (Å²) in [6, 6.07) is 16.3. The molecule has 2 rings (SSSR count). The van der Waals surface area contributed by atoms with Gasteiger partial charge in [0.1, 0.15) is 0 Å². The van der Waals surface area contributed by atoms with E-state index in [0.717, 1.165) is 6.04 Å². The lowest BCUT2D eigenvalue weighted by Gasteiger charge is -1.99. The molecule has 0 saturated carbocycles. The Hall–Kier alpha value is -1.08. The summed E-state index contributed by atoms with van der Waals surface area (Å²) in [5.74, 6) is 0. The molecule has 0 aliphatic carbocycles. The zero-order valence-electron chi connectivity index (χ0n) is 6.96. The highest BCUT2D eigenvalue weighted by atomic mass is 28.1. The smallest absolute Gasteiger partial charge is 0.0138 e. The first-order valence-electron chi connectivity index (χ1n) is 4.17. The van der Waals surface area contributed by atoms with Crippen LogP contribution in [0.15, 0.2) is 42.5 Å². The summed E-state index contributed by atoms with van der Waals surface area (Å²) in [6.07, 6.45) is 0. The maximum atomic E-state index is 2.27. The number of fused-ring (bicyclic) bond motifs is 1. The molecule has 0 atom stereocenters. The largest absolute Gasteiger partial charge is 0.0616 e. The van der Waals surface area contributed by atoms with Crippen LogP contribution in [0.25, 0.3) is 10.8 Å². The van der Waals surface area contributed by atoms with Crippen LogP contribution in [0.5, 0.6) is 0 Å². The summed E-state index contributed by atoms with van der Waals surface area (Å²) in [6.45, 7) is 0. The number of hydrogen-bond acceptors (Lipinski definition) is 0. The third kappa shape index (κ3) is 1.28. The molecule has 1 radical (unpaired) electrons. The second kappa shape index (κ2) is 3.11. The van der Waals surface area contributed by atoms with Crippen molar-refractivity contribution in [1.82, 2.24) is 0 Å². The van der Waals surface area contributed by atoms with E-state index in [4.69, 9.17) is 0 Å². The van der Waals surface area contributed by atoms with Crippen LogP contribution in [0.3, 0.4) is 0 Å². The van der Waals surface area contributed by atoms with Gasteiger partial charge in [0.25, 0.3) is 0 Å². The first kappa shape index (κ1) is 7.56. The summed E-state index contributed by atoms with van der Waals surface area (Å²) < 4.78 is 0. The summed E-state index contributed by atoms with van der Waals surface area (Å²) in [5.41, 5.74) is 1.42. The Bertz CT molecular complexity index is 393. The summed E-state index contributed by atoms with van der Waals surface area (Å²) in [7, 11) is 2.00. The first-order valence-corrected chi connectivity index (χ1v) is 5.17. The Kier molecular flexibility index (Phi) is 1.96. The van der Waals surface area contributed by atoms with Crippen molar-refractivity contribution in [2.45, 2.75) is 6.04 Å². The fourth-order valence-corrected chi connectivity index (χ4v) is 1.71. The van der Waals surface area contributed by atoms with Gasteiger partial charge in [-0.15, -0.1) is 0 Å². The number of rotatable bonds is 1. The van der Waals surface area contributed by atoms with Crippen LogP contribution < -0.4 is 0 Å². The molecule has 2 aromatic carbocycles. The van der Waals surface area contributed by atoms with Gasteiger partial charge in [0.2, 0.25) is 0 Å². The van der Waals surface area contributed by atoms with E-state index >= 15 is 0 Å². The van der Waals surface area contributed by atoms with Crippen molar-refractivity contribution in [3.05, 3.63) is 48.0 Å². The first-order chi connectivity index (χ1) is 5.90. The monoisotopic (exact) mass is 171 g/mol. The molecule has 0 fully saturated rings. The van der Waals surface area contributed by atoms with Crippen molar-refractivity contribution >= 4 is 21.0 Å². The van der Waals surface area contributed by atoms with Crippen molar-refractivity contribution in [2.24, 2.45) is 0 Å². The van der Waals surface area contributed by atoms with Crippen molar-refractivity contribution in [3.63, 3.8) is 0 Å². The van der Waals surface area contributed by atoms with Gasteiger partial charge in [0, 0.05) is 10.2 Å². The van der Waals surface area contributed by atoms with E-state index < -0.39 is 0 Å². The molecule has 0 aliphatic heterocycles. The summed E-state index contributed by atoms with van der Waals surface area (Å²) in [5, 5.41) is 2.68. The Morgan fingerprint density at radius 2 is 1.67 bits per heavy atom. The molecule has 12 heavy (non-hydrogen) atoms. The number of hydrogen-bond donors (Lipinski definition) is 0. The van der Waals surface area contributed by atoms with Gasteiger partial charge in [-0.25, -0.2) is 0 Å². The second-order valence-corrected chi connectivity index (χ2v) is 3.43. The summed E-state index contributed by atoms with van der Waals surface area (Å²) in [4.78, 5) is 0. The molecule has 1 heteroatoms. The minimum atomic E-state index is 1.14. The topological polar surface area (TPSA) is 0 Å². The van der Waals surface area contributed by atoms with E-state index in [1.165, 1.54) is 16.3 Å². The van der Waals surface area contributed by atoms with Crippen molar-refractivity contribution in [2.75, 3.05) is 0 Å². The molecule has 0 bridgehead atoms. The maximum Gasteiger partial charge on any atom is 0.0138 e. The highest BCUT2D eigenvalue weighted by Crippen LogP contribution is 2.15. The van der Waals surface area contributed by atoms with E-state index in [2.05, 4.69) is 42.5 Å². The minimum absolute atomic E-state index is 1.14. The van der Waals surface area contributed by atoms with Crippen LogP contribution in [0, 0.1) is 0 Å². The van der Waals surface area contributed by atoms with Gasteiger partial charge in [0.15, 0.2) is 0 Å². The van der Waals surface area contributed by atoms with Crippen molar-refractivity contribution in [3.8, 4) is 0 Å². The zero-order valence-corrected chi connectivity index (χ0v) is 8.37. The van der Waals surface area contributed by atoms with E-state index in [9.17, 15) is 0 Å². The second-order valence-electron chi connectivity index (χ2n) is 2.93. The molecule has 0 spiro atoms. The highest BCUT2D eigenvalue weighted by Gasteiger charge is 1.92. The molecule has 0 aromatic heterocycles. The van der Waals surface area contributed by atoms with Crippen LogP contribution >= 0.6 is 0 Å². The van der Waals surface area contributed by atoms with Crippen LogP contribution in [0.1, 0.15) is 5.56 Å². The molecule has 0 N–H and O–H groups in total. The predicted molar refractivity (Wildman–Crippen MR) is 56.2 cm³/mol. The van der Waals surface area contributed by atoms with Crippen LogP contribution in [-0.4, -0.2) is 10.2 Å². The van der Waals surface area contributed by atoms with Gasteiger partial charge in [-0.05, 0) is 16.8 Å². The molecular weight excluding hydrogens is 160 g/mol. The van der Waals surface area contributed by atoms with E-state index in [1.807, 2.05) is 10.2 Å². The van der Waals surface area contributed by atoms with Crippen LogP contribution in [-0.2, 0) is 6.04 Å². The third-order valence-electron chi connectivity index (χ3n) is 2.10. The molecule has 0 aliphatic rings. The van der Waals surface area contributed by atoms with Crippen LogP contribution in [0.4, 0.5) is 0 Å². The molecule has 0 nitrogen and oxygen atoms in total. The Morgan fingerprint density at radius 1 is 0.917 bits per heavy atom. The van der Waals surface area contributed by atoms with Gasteiger partial charge in [-0.3, -0.25) is 0 Å². The van der Waals surface area contributed by atoms with Crippen molar-refractivity contribution in [1.29, 1.82) is 0 Å². The summed E-state index contributed by atoms with van der Waals surface area (Å²) >= 11 is 0. The molecule has 0 heterocycles. The quantitative estimate of drug-likeness (QED) is 0.575. The standard InChI is InChI=1S/C11H11Si/c12-8-9-5-6-10-3-1-2-4-11(10)7-9/h1-7H,8,12H2. The van der Waals surface area contributed by atoms with Crippen LogP contribution in [0.2, 0.25) is 0 Å². The minimum Gasteiger partial charge on any atom is -0.0616 e. The average molecular weight is 171 g/mol. The Morgan fingerprint density at radius 3 is 2.42 bits per heavy atom. The Balaban J connectivity index is 2.67. The molecule has 59 valence electrons. The average Bonchev–Trinajstić information content (AvgIpc) is 2.17. The zero-order chi connectivity index (χ0) is 8.39.